The zero-order chi connectivity index (χ0) is 5.82. The van der Waals surface area contributed by atoms with Gasteiger partial charge in [0.05, 0.1) is 0 Å². The molecule has 1 rings (SSSR count). The van der Waals surface area contributed by atoms with E-state index in [0.29, 0.717) is 0 Å². The molecule has 46 valence electrons. The molecule has 0 unspecified atom stereocenters. The van der Waals surface area contributed by atoms with Gasteiger partial charge in [-0.05, 0) is 6.42 Å². The van der Waals surface area contributed by atoms with Crippen molar-refractivity contribution in [1.29, 1.82) is 0 Å². The van der Waals surface area contributed by atoms with Crippen LogP contribution in [0.5, 0.6) is 0 Å². The van der Waals surface area contributed by atoms with Crippen LogP contribution in [-0.2, 0) is 0 Å². The molecule has 0 aromatic rings. The molecule has 0 aromatic heterocycles. The smallest absolute Gasteiger partial charge is 0.156 e. The number of nitrogens with zero attached hydrogens (tertiary/aromatic N) is 1. The first-order valence-corrected chi connectivity index (χ1v) is 3.77. The molecule has 0 saturated carbocycles. The molecule has 8 heavy (non-hydrogen) atoms. The summed E-state index contributed by atoms with van der Waals surface area (Å²) in [6.45, 7) is 1.00. The van der Waals surface area contributed by atoms with Crippen molar-refractivity contribution < 1.29 is 0 Å². The van der Waals surface area contributed by atoms with Gasteiger partial charge in [0.1, 0.15) is 0 Å². The number of nitrogens with one attached hydrogen (secondary N) is 1. The highest BCUT2D eigenvalue weighted by Crippen LogP contribution is 2.08. The molecule has 2 nitrogen and oxygen atoms in total. The molecule has 0 saturated heterocycles. The van der Waals surface area contributed by atoms with E-state index in [1.54, 1.807) is 11.8 Å². The molecule has 1 N–H and O–H groups in total. The zero-order valence-electron chi connectivity index (χ0n) is 4.98. The highest BCUT2D eigenvalue weighted by molar-refractivity contribution is 8.13. The summed E-state index contributed by atoms with van der Waals surface area (Å²) in [5.41, 5.74) is 0. The van der Waals surface area contributed by atoms with Crippen molar-refractivity contribution in [3.05, 3.63) is 0 Å². The Morgan fingerprint density at radius 2 is 2.62 bits per heavy atom. The standard InChI is InChI=1S/C5H10N2S/c1-6-5-7-3-2-4-8-5/h2-4H2,1H3,(H,6,7). The van der Waals surface area contributed by atoms with Crippen LogP contribution in [0.3, 0.4) is 0 Å². The minimum absolute atomic E-state index is 1.00. The maximum atomic E-state index is 4.22. The van der Waals surface area contributed by atoms with Gasteiger partial charge < -0.3 is 5.32 Å². The first-order valence-electron chi connectivity index (χ1n) is 2.78. The van der Waals surface area contributed by atoms with Crippen molar-refractivity contribution >= 4 is 16.9 Å². The molecule has 0 fully saturated rings. The summed E-state index contributed by atoms with van der Waals surface area (Å²) in [4.78, 5) is 4.22. The van der Waals surface area contributed by atoms with E-state index in [4.69, 9.17) is 0 Å². The third kappa shape index (κ3) is 1.40. The number of thioether (sulfide) groups is 1. The Labute approximate surface area is 53.8 Å². The topological polar surface area (TPSA) is 24.4 Å². The van der Waals surface area contributed by atoms with E-state index in [1.807, 2.05) is 7.05 Å². The van der Waals surface area contributed by atoms with Crippen LogP contribution in [0.25, 0.3) is 0 Å². The lowest BCUT2D eigenvalue weighted by molar-refractivity contribution is 0.925. The Hall–Kier alpha value is -0.180. The summed E-state index contributed by atoms with van der Waals surface area (Å²) in [6, 6.07) is 0. The fourth-order valence-electron chi connectivity index (χ4n) is 0.611. The molecule has 0 atom stereocenters. The van der Waals surface area contributed by atoms with Gasteiger partial charge in [-0.2, -0.15) is 0 Å². The Morgan fingerprint density at radius 1 is 1.75 bits per heavy atom. The minimum Gasteiger partial charge on any atom is -0.368 e. The fraction of sp³-hybridized carbons (Fsp3) is 0.800. The second-order valence-electron chi connectivity index (χ2n) is 1.64. The highest BCUT2D eigenvalue weighted by Gasteiger charge is 2.00. The van der Waals surface area contributed by atoms with Crippen LogP contribution in [0, 0.1) is 0 Å². The second-order valence-corrected chi connectivity index (χ2v) is 2.72. The van der Waals surface area contributed by atoms with Gasteiger partial charge in [0.15, 0.2) is 5.17 Å². The fourth-order valence-corrected chi connectivity index (χ4v) is 1.40. The van der Waals surface area contributed by atoms with Gasteiger partial charge in [-0.15, -0.1) is 0 Å². The van der Waals surface area contributed by atoms with E-state index in [-0.39, 0.29) is 0 Å². The Kier molecular flexibility index (Phi) is 2.21. The molecular weight excluding hydrogens is 120 g/mol. The van der Waals surface area contributed by atoms with E-state index in [1.165, 1.54) is 12.2 Å². The predicted molar refractivity (Wildman–Crippen MR) is 38.4 cm³/mol. The molecular formula is C5H10N2S. The van der Waals surface area contributed by atoms with Crippen molar-refractivity contribution in [2.75, 3.05) is 19.3 Å². The lowest BCUT2D eigenvalue weighted by Crippen LogP contribution is -2.18. The monoisotopic (exact) mass is 130 g/mol. The van der Waals surface area contributed by atoms with Crippen LogP contribution in [0.4, 0.5) is 0 Å². The third-order valence-corrected chi connectivity index (χ3v) is 2.11. The summed E-state index contributed by atoms with van der Waals surface area (Å²) >= 11 is 1.80. The number of amidine groups is 1. The maximum absolute atomic E-state index is 4.22. The third-order valence-electron chi connectivity index (χ3n) is 1.01. The van der Waals surface area contributed by atoms with Gasteiger partial charge >= 0.3 is 0 Å². The van der Waals surface area contributed by atoms with Gasteiger partial charge in [-0.25, -0.2) is 0 Å². The highest BCUT2D eigenvalue weighted by atomic mass is 32.2. The Balaban J connectivity index is 2.37. The maximum Gasteiger partial charge on any atom is 0.156 e. The van der Waals surface area contributed by atoms with Crippen LogP contribution >= 0.6 is 11.8 Å². The van der Waals surface area contributed by atoms with Gasteiger partial charge in [0.25, 0.3) is 0 Å². The van der Waals surface area contributed by atoms with Crippen LogP contribution in [0.1, 0.15) is 6.42 Å². The molecule has 1 heterocycles. The number of aliphatic imine (C=N–C) groups is 1. The predicted octanol–water partition coefficient (Wildman–Crippen LogP) is 0.699. The largest absolute Gasteiger partial charge is 0.368 e. The number of hydrogen-bond acceptors (Lipinski definition) is 3. The van der Waals surface area contributed by atoms with Crippen LogP contribution in [0.2, 0.25) is 0 Å². The van der Waals surface area contributed by atoms with Crippen molar-refractivity contribution in [3.63, 3.8) is 0 Å². The summed E-state index contributed by atoms with van der Waals surface area (Å²) < 4.78 is 0. The van der Waals surface area contributed by atoms with E-state index in [0.717, 1.165) is 11.7 Å². The van der Waals surface area contributed by atoms with Crippen molar-refractivity contribution in [2.24, 2.45) is 4.99 Å². The van der Waals surface area contributed by atoms with Crippen molar-refractivity contribution in [1.82, 2.24) is 5.32 Å². The van der Waals surface area contributed by atoms with E-state index in [9.17, 15) is 0 Å². The zero-order valence-corrected chi connectivity index (χ0v) is 5.79. The first kappa shape index (κ1) is 5.95. The number of rotatable bonds is 0. The normalized spacial score (nSPS) is 19.9. The van der Waals surface area contributed by atoms with E-state index >= 15 is 0 Å². The molecule has 0 radical (unpaired) electrons. The second kappa shape index (κ2) is 2.97. The number of hydrogen-bond donors (Lipinski definition) is 1. The van der Waals surface area contributed by atoms with E-state index in [2.05, 4.69) is 10.3 Å². The van der Waals surface area contributed by atoms with Crippen LogP contribution in [-0.4, -0.2) is 24.5 Å². The molecule has 1 aliphatic rings. The molecule has 0 spiro atoms. The average molecular weight is 130 g/mol. The average Bonchev–Trinajstić information content (AvgIpc) is 1.90. The lowest BCUT2D eigenvalue weighted by Gasteiger charge is -2.08. The molecule has 0 aliphatic carbocycles. The molecule has 0 aromatic carbocycles. The summed E-state index contributed by atoms with van der Waals surface area (Å²) in [7, 11) is 1.91. The Bertz CT molecular complexity index is 101. The van der Waals surface area contributed by atoms with Crippen LogP contribution < -0.4 is 5.32 Å². The quantitative estimate of drug-likeness (QED) is 0.522. The summed E-state index contributed by atoms with van der Waals surface area (Å²) in [5.74, 6) is 1.22. The van der Waals surface area contributed by atoms with Crippen LogP contribution in [0.15, 0.2) is 4.99 Å². The molecule has 1 aliphatic heterocycles. The van der Waals surface area contributed by atoms with Gasteiger partial charge in [0.2, 0.25) is 0 Å². The first-order chi connectivity index (χ1) is 3.93. The van der Waals surface area contributed by atoms with Gasteiger partial charge in [-0.3, -0.25) is 4.99 Å². The lowest BCUT2D eigenvalue weighted by atomic mass is 10.5. The van der Waals surface area contributed by atoms with Gasteiger partial charge in [0, 0.05) is 19.3 Å². The summed E-state index contributed by atoms with van der Waals surface area (Å²) in [6.07, 6.45) is 1.23. The molecule has 3 heteroatoms. The molecule has 0 amide bonds. The van der Waals surface area contributed by atoms with Gasteiger partial charge in [-0.1, -0.05) is 11.8 Å². The van der Waals surface area contributed by atoms with Crippen molar-refractivity contribution in [3.8, 4) is 0 Å². The van der Waals surface area contributed by atoms with Crippen molar-refractivity contribution in [2.45, 2.75) is 6.42 Å². The van der Waals surface area contributed by atoms with E-state index < -0.39 is 0 Å². The summed E-state index contributed by atoms with van der Waals surface area (Å²) in [5, 5.41) is 4.11. The minimum atomic E-state index is 1.00. The SMILES string of the molecule is CNC1=NCCCS1. The molecule has 0 bridgehead atoms. The Morgan fingerprint density at radius 3 is 3.00 bits per heavy atom.